The highest BCUT2D eigenvalue weighted by atomic mass is 79.9. The first-order chi connectivity index (χ1) is 9.15. The van der Waals surface area contributed by atoms with Gasteiger partial charge < -0.3 is 10.6 Å². The smallest absolute Gasteiger partial charge is 0.238 e. The lowest BCUT2D eigenvalue weighted by Crippen LogP contribution is -2.27. The highest BCUT2D eigenvalue weighted by molar-refractivity contribution is 9.10. The summed E-state index contributed by atoms with van der Waals surface area (Å²) in [5.41, 5.74) is 0.790. The van der Waals surface area contributed by atoms with E-state index < -0.39 is 0 Å². The van der Waals surface area contributed by atoms with E-state index in [2.05, 4.69) is 42.5 Å². The van der Waals surface area contributed by atoms with E-state index in [1.54, 1.807) is 11.3 Å². The Morgan fingerprint density at radius 2 is 2.11 bits per heavy atom. The van der Waals surface area contributed by atoms with Crippen LogP contribution in [0.5, 0.6) is 0 Å². The Morgan fingerprint density at radius 3 is 2.79 bits per heavy atom. The molecule has 0 aliphatic heterocycles. The van der Waals surface area contributed by atoms with Crippen molar-refractivity contribution < 1.29 is 4.79 Å². The van der Waals surface area contributed by atoms with E-state index in [1.807, 2.05) is 35.7 Å². The average Bonchev–Trinajstić information content (AvgIpc) is 2.75. The second kappa shape index (κ2) is 7.19. The fourth-order valence-corrected chi connectivity index (χ4v) is 3.37. The fraction of sp³-hybridized carbons (Fsp3) is 0.154. The SMILES string of the molecule is O=C(CNCc1sccc1Br)Nc1cccc(Br)c1. The zero-order valence-electron chi connectivity index (χ0n) is 9.95. The summed E-state index contributed by atoms with van der Waals surface area (Å²) in [4.78, 5) is 12.9. The van der Waals surface area contributed by atoms with Gasteiger partial charge in [-0.15, -0.1) is 11.3 Å². The topological polar surface area (TPSA) is 41.1 Å². The molecule has 1 amide bonds. The Kier molecular flexibility index (Phi) is 5.57. The van der Waals surface area contributed by atoms with Gasteiger partial charge in [-0.3, -0.25) is 4.79 Å². The van der Waals surface area contributed by atoms with Gasteiger partial charge in [0.25, 0.3) is 0 Å². The number of nitrogens with one attached hydrogen (secondary N) is 2. The molecular weight excluding hydrogens is 392 g/mol. The van der Waals surface area contributed by atoms with Gasteiger partial charge >= 0.3 is 0 Å². The highest BCUT2D eigenvalue weighted by Gasteiger charge is 2.04. The van der Waals surface area contributed by atoms with Crippen LogP contribution < -0.4 is 10.6 Å². The van der Waals surface area contributed by atoms with Crippen LogP contribution in [0.2, 0.25) is 0 Å². The number of rotatable bonds is 5. The molecule has 3 nitrogen and oxygen atoms in total. The zero-order valence-corrected chi connectivity index (χ0v) is 13.9. The van der Waals surface area contributed by atoms with Gasteiger partial charge in [0.15, 0.2) is 0 Å². The number of thiophene rings is 1. The molecule has 0 atom stereocenters. The zero-order chi connectivity index (χ0) is 13.7. The number of hydrogen-bond donors (Lipinski definition) is 2. The van der Waals surface area contributed by atoms with Gasteiger partial charge in [0.1, 0.15) is 0 Å². The van der Waals surface area contributed by atoms with Gasteiger partial charge in [0.2, 0.25) is 5.91 Å². The van der Waals surface area contributed by atoms with Gasteiger partial charge in [-0.2, -0.15) is 0 Å². The Labute approximate surface area is 132 Å². The number of hydrogen-bond acceptors (Lipinski definition) is 3. The molecule has 0 radical (unpaired) electrons. The Hall–Kier alpha value is -0.690. The van der Waals surface area contributed by atoms with Crippen molar-refractivity contribution in [3.8, 4) is 0 Å². The standard InChI is InChI=1S/C13H12Br2N2OS/c14-9-2-1-3-10(6-9)17-13(18)8-16-7-12-11(15)4-5-19-12/h1-6,16H,7-8H2,(H,17,18). The third-order valence-electron chi connectivity index (χ3n) is 2.37. The van der Waals surface area contributed by atoms with Crippen molar-refractivity contribution in [3.63, 3.8) is 0 Å². The minimum atomic E-state index is -0.0502. The minimum absolute atomic E-state index is 0.0502. The van der Waals surface area contributed by atoms with Crippen LogP contribution in [-0.2, 0) is 11.3 Å². The molecule has 1 heterocycles. The van der Waals surface area contributed by atoms with E-state index in [-0.39, 0.29) is 12.5 Å². The molecule has 1 aromatic heterocycles. The Morgan fingerprint density at radius 1 is 1.26 bits per heavy atom. The molecule has 100 valence electrons. The first-order valence-corrected chi connectivity index (χ1v) is 8.10. The summed E-state index contributed by atoms with van der Waals surface area (Å²) in [5, 5.41) is 7.97. The molecule has 0 unspecified atom stereocenters. The van der Waals surface area contributed by atoms with E-state index in [4.69, 9.17) is 0 Å². The van der Waals surface area contributed by atoms with Crippen molar-refractivity contribution in [2.75, 3.05) is 11.9 Å². The Balaban J connectivity index is 1.77. The number of benzene rings is 1. The quantitative estimate of drug-likeness (QED) is 0.791. The summed E-state index contributed by atoms with van der Waals surface area (Å²) in [7, 11) is 0. The van der Waals surface area contributed by atoms with Crippen molar-refractivity contribution in [2.24, 2.45) is 0 Å². The van der Waals surface area contributed by atoms with Crippen LogP contribution in [0.4, 0.5) is 5.69 Å². The molecule has 0 bridgehead atoms. The number of carbonyl (C=O) groups is 1. The van der Waals surface area contributed by atoms with Gasteiger partial charge in [-0.05, 0) is 45.6 Å². The molecule has 1 aromatic carbocycles. The summed E-state index contributed by atoms with van der Waals surface area (Å²) in [6, 6.07) is 9.54. The molecule has 2 rings (SSSR count). The van der Waals surface area contributed by atoms with E-state index in [0.717, 1.165) is 14.6 Å². The number of amides is 1. The third kappa shape index (κ3) is 4.72. The van der Waals surface area contributed by atoms with Gasteiger partial charge in [0, 0.05) is 26.1 Å². The molecule has 0 aliphatic carbocycles. The summed E-state index contributed by atoms with van der Waals surface area (Å²) in [5.74, 6) is -0.0502. The molecule has 0 saturated carbocycles. The number of halogens is 2. The molecule has 0 saturated heterocycles. The average molecular weight is 404 g/mol. The van der Waals surface area contributed by atoms with Crippen LogP contribution in [0.15, 0.2) is 44.7 Å². The Bertz CT molecular complexity index is 571. The predicted molar refractivity (Wildman–Crippen MR) is 86.5 cm³/mol. The van der Waals surface area contributed by atoms with Crippen molar-refractivity contribution in [1.82, 2.24) is 5.32 Å². The van der Waals surface area contributed by atoms with Crippen LogP contribution in [0.3, 0.4) is 0 Å². The first-order valence-electron chi connectivity index (χ1n) is 5.63. The van der Waals surface area contributed by atoms with Crippen LogP contribution in [0, 0.1) is 0 Å². The molecule has 0 fully saturated rings. The van der Waals surface area contributed by atoms with Crippen LogP contribution >= 0.6 is 43.2 Å². The molecule has 2 N–H and O–H groups in total. The van der Waals surface area contributed by atoms with Crippen molar-refractivity contribution in [3.05, 3.63) is 49.5 Å². The van der Waals surface area contributed by atoms with E-state index in [1.165, 1.54) is 4.88 Å². The van der Waals surface area contributed by atoms with Crippen LogP contribution in [0.1, 0.15) is 4.88 Å². The molecular formula is C13H12Br2N2OS. The van der Waals surface area contributed by atoms with Crippen molar-refractivity contribution in [1.29, 1.82) is 0 Å². The lowest BCUT2D eigenvalue weighted by molar-refractivity contribution is -0.115. The lowest BCUT2D eigenvalue weighted by atomic mass is 10.3. The molecule has 0 spiro atoms. The van der Waals surface area contributed by atoms with E-state index >= 15 is 0 Å². The van der Waals surface area contributed by atoms with E-state index in [9.17, 15) is 4.79 Å². The van der Waals surface area contributed by atoms with Gasteiger partial charge in [-0.1, -0.05) is 22.0 Å². The maximum Gasteiger partial charge on any atom is 0.238 e. The number of anilines is 1. The summed E-state index contributed by atoms with van der Waals surface area (Å²) in [6.07, 6.45) is 0. The summed E-state index contributed by atoms with van der Waals surface area (Å²) >= 11 is 8.49. The monoisotopic (exact) mass is 402 g/mol. The second-order valence-corrected chi connectivity index (χ2v) is 6.62. The normalized spacial score (nSPS) is 10.4. The molecule has 19 heavy (non-hydrogen) atoms. The maximum atomic E-state index is 11.7. The first kappa shape index (κ1) is 14.7. The van der Waals surface area contributed by atoms with Crippen LogP contribution in [-0.4, -0.2) is 12.5 Å². The highest BCUT2D eigenvalue weighted by Crippen LogP contribution is 2.22. The molecule has 0 aliphatic rings. The lowest BCUT2D eigenvalue weighted by Gasteiger charge is -2.06. The summed E-state index contributed by atoms with van der Waals surface area (Å²) < 4.78 is 2.03. The van der Waals surface area contributed by atoms with E-state index in [0.29, 0.717) is 6.54 Å². The van der Waals surface area contributed by atoms with Gasteiger partial charge in [0.05, 0.1) is 6.54 Å². The van der Waals surface area contributed by atoms with Gasteiger partial charge in [-0.25, -0.2) is 0 Å². The summed E-state index contributed by atoms with van der Waals surface area (Å²) in [6.45, 7) is 0.973. The molecule has 2 aromatic rings. The van der Waals surface area contributed by atoms with Crippen molar-refractivity contribution in [2.45, 2.75) is 6.54 Å². The predicted octanol–water partition coefficient (Wildman–Crippen LogP) is 4.00. The fourth-order valence-electron chi connectivity index (χ4n) is 1.51. The molecule has 6 heteroatoms. The van der Waals surface area contributed by atoms with Crippen molar-refractivity contribution >= 4 is 54.8 Å². The maximum absolute atomic E-state index is 11.7. The third-order valence-corrected chi connectivity index (χ3v) is 4.79. The largest absolute Gasteiger partial charge is 0.325 e. The second-order valence-electron chi connectivity index (χ2n) is 3.85. The number of carbonyl (C=O) groups excluding carboxylic acids is 1. The van der Waals surface area contributed by atoms with Crippen LogP contribution in [0.25, 0.3) is 0 Å². The minimum Gasteiger partial charge on any atom is -0.325 e.